The molecule has 4 nitrogen and oxygen atoms in total. The maximum Gasteiger partial charge on any atom is 0.325 e. The lowest BCUT2D eigenvalue weighted by atomic mass is 10.1. The Kier molecular flexibility index (Phi) is 4.64. The van der Waals surface area contributed by atoms with Gasteiger partial charge in [-0.1, -0.05) is 12.1 Å². The Balaban J connectivity index is 0.00000169. The molecule has 0 amide bonds. The summed E-state index contributed by atoms with van der Waals surface area (Å²) in [5.74, 6) is -1.08. The van der Waals surface area contributed by atoms with E-state index in [1.807, 2.05) is 6.07 Å². The van der Waals surface area contributed by atoms with Gasteiger partial charge < -0.3 is 10.8 Å². The predicted octanol–water partition coefficient (Wildman–Crippen LogP) is 1.06. The van der Waals surface area contributed by atoms with Gasteiger partial charge in [-0.05, 0) is 17.7 Å². The van der Waals surface area contributed by atoms with Crippen LogP contribution >= 0.6 is 12.4 Å². The summed E-state index contributed by atoms with van der Waals surface area (Å²) in [5, 5.41) is 17.1. The second-order valence-electron chi connectivity index (χ2n) is 2.55. The van der Waals surface area contributed by atoms with Crippen molar-refractivity contribution in [1.29, 1.82) is 5.26 Å². The number of rotatable bonds is 2. The second kappa shape index (κ2) is 5.22. The molecule has 0 radical (unpaired) electrons. The van der Waals surface area contributed by atoms with Gasteiger partial charge in [-0.25, -0.2) is 0 Å². The molecule has 0 saturated carbocycles. The molecule has 1 rings (SSSR count). The van der Waals surface area contributed by atoms with Crippen LogP contribution in [-0.2, 0) is 4.79 Å². The minimum Gasteiger partial charge on any atom is -0.480 e. The molecule has 0 aromatic heterocycles. The van der Waals surface area contributed by atoms with Gasteiger partial charge in [0.1, 0.15) is 6.04 Å². The van der Waals surface area contributed by atoms with Gasteiger partial charge in [0.05, 0.1) is 11.6 Å². The van der Waals surface area contributed by atoms with Gasteiger partial charge in [-0.2, -0.15) is 5.26 Å². The molecule has 14 heavy (non-hydrogen) atoms. The molecule has 0 aliphatic carbocycles. The second-order valence-corrected chi connectivity index (χ2v) is 2.55. The van der Waals surface area contributed by atoms with Gasteiger partial charge >= 0.3 is 5.97 Å². The number of aliphatic carboxylic acids is 1. The van der Waals surface area contributed by atoms with Crippen LogP contribution in [0.5, 0.6) is 0 Å². The lowest BCUT2D eigenvalue weighted by Gasteiger charge is -2.05. The molecule has 74 valence electrons. The van der Waals surface area contributed by atoms with E-state index in [0.717, 1.165) is 0 Å². The topological polar surface area (TPSA) is 87.1 Å². The number of nitrogens with zero attached hydrogens (tertiary/aromatic N) is 1. The van der Waals surface area contributed by atoms with Crippen LogP contribution < -0.4 is 5.73 Å². The van der Waals surface area contributed by atoms with Crippen molar-refractivity contribution < 1.29 is 9.90 Å². The molecule has 5 heteroatoms. The van der Waals surface area contributed by atoms with E-state index in [1.165, 1.54) is 24.3 Å². The van der Waals surface area contributed by atoms with Crippen LogP contribution in [-0.4, -0.2) is 11.1 Å². The Morgan fingerprint density at radius 3 is 2.29 bits per heavy atom. The molecule has 0 aliphatic rings. The molecule has 1 aromatic rings. The van der Waals surface area contributed by atoms with Gasteiger partial charge in [0.2, 0.25) is 0 Å². The van der Waals surface area contributed by atoms with Gasteiger partial charge in [0.15, 0.2) is 0 Å². The number of nitriles is 1. The Morgan fingerprint density at radius 1 is 1.43 bits per heavy atom. The molecule has 3 N–H and O–H groups in total. The third-order valence-electron chi connectivity index (χ3n) is 1.66. The zero-order chi connectivity index (χ0) is 9.84. The number of carbonyl (C=O) groups is 1. The first-order valence-electron chi connectivity index (χ1n) is 3.63. The van der Waals surface area contributed by atoms with Crippen LogP contribution in [0.25, 0.3) is 0 Å². The number of nitrogens with two attached hydrogens (primary N) is 1. The van der Waals surface area contributed by atoms with Crippen molar-refractivity contribution in [2.75, 3.05) is 0 Å². The lowest BCUT2D eigenvalue weighted by molar-refractivity contribution is -0.138. The molecule has 1 unspecified atom stereocenters. The monoisotopic (exact) mass is 212 g/mol. The van der Waals surface area contributed by atoms with Crippen LogP contribution in [0.1, 0.15) is 17.2 Å². The number of hydrogen-bond donors (Lipinski definition) is 2. The molecule has 0 bridgehead atoms. The molecule has 0 spiro atoms. The molecule has 0 heterocycles. The molecule has 1 atom stereocenters. The summed E-state index contributed by atoms with van der Waals surface area (Å²) in [4.78, 5) is 10.5. The van der Waals surface area contributed by atoms with Gasteiger partial charge in [0, 0.05) is 0 Å². The highest BCUT2D eigenvalue weighted by Crippen LogP contribution is 2.10. The summed E-state index contributed by atoms with van der Waals surface area (Å²) in [7, 11) is 0. The summed E-state index contributed by atoms with van der Waals surface area (Å²) in [6.07, 6.45) is 0. The number of carboxylic acid groups (broad SMARTS) is 1. The van der Waals surface area contributed by atoms with E-state index in [4.69, 9.17) is 16.1 Å². The van der Waals surface area contributed by atoms with E-state index in [2.05, 4.69) is 0 Å². The standard InChI is InChI=1S/C9H8N2O2.ClH/c10-5-6-1-3-7(4-2-6)8(11)9(12)13;/h1-4,8H,11H2,(H,12,13);1H. The average molecular weight is 213 g/mol. The minimum atomic E-state index is -1.08. The van der Waals surface area contributed by atoms with Crippen LogP contribution in [0.2, 0.25) is 0 Å². The molecular weight excluding hydrogens is 204 g/mol. The quantitative estimate of drug-likeness (QED) is 0.768. The summed E-state index contributed by atoms with van der Waals surface area (Å²) in [5.41, 5.74) is 6.33. The van der Waals surface area contributed by atoms with Gasteiger partial charge in [0.25, 0.3) is 0 Å². The fraction of sp³-hybridized carbons (Fsp3) is 0.111. The third-order valence-corrected chi connectivity index (χ3v) is 1.66. The molecule has 0 fully saturated rings. The minimum absolute atomic E-state index is 0. The highest BCUT2D eigenvalue weighted by molar-refractivity contribution is 5.85. The lowest BCUT2D eigenvalue weighted by Crippen LogP contribution is -2.20. The van der Waals surface area contributed by atoms with Crippen LogP contribution in [0.3, 0.4) is 0 Å². The summed E-state index contributed by atoms with van der Waals surface area (Å²) in [6, 6.07) is 7.07. The number of carboxylic acids is 1. The normalized spacial score (nSPS) is 10.9. The highest BCUT2D eigenvalue weighted by atomic mass is 35.5. The first-order valence-corrected chi connectivity index (χ1v) is 3.63. The molecule has 0 saturated heterocycles. The van der Waals surface area contributed by atoms with Crippen LogP contribution in [0, 0.1) is 11.3 Å². The maximum absolute atomic E-state index is 10.5. The Labute approximate surface area is 87.4 Å². The van der Waals surface area contributed by atoms with Crippen molar-refractivity contribution in [2.45, 2.75) is 6.04 Å². The summed E-state index contributed by atoms with van der Waals surface area (Å²) >= 11 is 0. The smallest absolute Gasteiger partial charge is 0.325 e. The van der Waals surface area contributed by atoms with Crippen molar-refractivity contribution >= 4 is 18.4 Å². The van der Waals surface area contributed by atoms with Crippen LogP contribution in [0.4, 0.5) is 0 Å². The highest BCUT2D eigenvalue weighted by Gasteiger charge is 2.13. The molecular formula is C9H9ClN2O2. The van der Waals surface area contributed by atoms with Crippen molar-refractivity contribution in [2.24, 2.45) is 5.73 Å². The fourth-order valence-corrected chi connectivity index (χ4v) is 0.908. The number of hydrogen-bond acceptors (Lipinski definition) is 3. The molecule has 0 aliphatic heterocycles. The maximum atomic E-state index is 10.5. The Bertz CT molecular complexity index is 356. The van der Waals surface area contributed by atoms with E-state index in [-0.39, 0.29) is 12.4 Å². The first kappa shape index (κ1) is 12.4. The van der Waals surface area contributed by atoms with Crippen molar-refractivity contribution in [3.05, 3.63) is 35.4 Å². The first-order chi connectivity index (χ1) is 6.15. The van der Waals surface area contributed by atoms with Crippen molar-refractivity contribution in [3.63, 3.8) is 0 Å². The number of benzene rings is 1. The van der Waals surface area contributed by atoms with Crippen molar-refractivity contribution in [1.82, 2.24) is 0 Å². The summed E-state index contributed by atoms with van der Waals surface area (Å²) in [6.45, 7) is 0. The zero-order valence-electron chi connectivity index (χ0n) is 7.18. The van der Waals surface area contributed by atoms with E-state index < -0.39 is 12.0 Å². The van der Waals surface area contributed by atoms with E-state index in [1.54, 1.807) is 0 Å². The zero-order valence-corrected chi connectivity index (χ0v) is 7.99. The van der Waals surface area contributed by atoms with Crippen molar-refractivity contribution in [3.8, 4) is 6.07 Å². The molecule has 1 aromatic carbocycles. The third kappa shape index (κ3) is 2.73. The van der Waals surface area contributed by atoms with Gasteiger partial charge in [-0.3, -0.25) is 4.79 Å². The van der Waals surface area contributed by atoms with E-state index in [9.17, 15) is 4.79 Å². The predicted molar refractivity (Wildman–Crippen MR) is 53.0 cm³/mol. The number of halogens is 1. The Morgan fingerprint density at radius 2 is 1.93 bits per heavy atom. The van der Waals surface area contributed by atoms with Crippen LogP contribution in [0.15, 0.2) is 24.3 Å². The Hall–Kier alpha value is -1.57. The van der Waals surface area contributed by atoms with Gasteiger partial charge in [-0.15, -0.1) is 12.4 Å². The SMILES string of the molecule is Cl.N#Cc1ccc(C(N)C(=O)O)cc1. The fourth-order valence-electron chi connectivity index (χ4n) is 0.908. The van der Waals surface area contributed by atoms with E-state index in [0.29, 0.717) is 11.1 Å². The summed E-state index contributed by atoms with van der Waals surface area (Å²) < 4.78 is 0. The average Bonchev–Trinajstić information content (AvgIpc) is 2.17. The largest absolute Gasteiger partial charge is 0.480 e. The van der Waals surface area contributed by atoms with E-state index >= 15 is 0 Å².